The maximum Gasteiger partial charge on any atom is 0.427 e. The summed E-state index contributed by atoms with van der Waals surface area (Å²) in [4.78, 5) is 14.1. The number of nitro groups is 1. The number of anilines is 1. The fourth-order valence-corrected chi connectivity index (χ4v) is 1.48. The van der Waals surface area contributed by atoms with Gasteiger partial charge in [-0.25, -0.2) is 0 Å². The van der Waals surface area contributed by atoms with E-state index in [2.05, 4.69) is 4.98 Å². The molecule has 1 aromatic heterocycles. The van der Waals surface area contributed by atoms with Crippen molar-refractivity contribution >= 4 is 11.5 Å². The van der Waals surface area contributed by atoms with Crippen molar-refractivity contribution in [3.05, 3.63) is 40.2 Å². The zero-order valence-corrected chi connectivity index (χ0v) is 9.95. The first kappa shape index (κ1) is 11.9. The molecule has 0 amide bonds. The lowest BCUT2D eigenvalue weighted by Crippen LogP contribution is -1.99. The van der Waals surface area contributed by atoms with Crippen molar-refractivity contribution in [1.82, 2.24) is 9.55 Å². The molecule has 0 spiro atoms. The van der Waals surface area contributed by atoms with Crippen LogP contribution in [0.1, 0.15) is 5.82 Å². The third kappa shape index (κ3) is 1.97. The Hall–Kier alpha value is -2.57. The highest BCUT2D eigenvalue weighted by Crippen LogP contribution is 2.33. The summed E-state index contributed by atoms with van der Waals surface area (Å²) in [5.41, 5.74) is 6.13. The quantitative estimate of drug-likeness (QED) is 0.509. The predicted molar refractivity (Wildman–Crippen MR) is 65.5 cm³/mol. The van der Waals surface area contributed by atoms with Gasteiger partial charge in [-0.05, 0) is 22.0 Å². The Balaban J connectivity index is 2.46. The van der Waals surface area contributed by atoms with Crippen LogP contribution in [0.4, 0.5) is 11.5 Å². The van der Waals surface area contributed by atoms with Gasteiger partial charge in [0.05, 0.1) is 5.69 Å². The number of aryl methyl sites for hydroxylation is 1. The van der Waals surface area contributed by atoms with E-state index in [1.807, 2.05) is 0 Å². The van der Waals surface area contributed by atoms with Crippen LogP contribution in [0.15, 0.2) is 24.3 Å². The van der Waals surface area contributed by atoms with Gasteiger partial charge in [-0.1, -0.05) is 12.1 Å². The molecule has 2 aromatic rings. The zero-order valence-electron chi connectivity index (χ0n) is 9.95. The fraction of sp³-hybridized carbons (Fsp3) is 0.182. The minimum Gasteiger partial charge on any atom is -0.431 e. The molecule has 94 valence electrons. The average Bonchev–Trinajstić information content (AvgIpc) is 2.60. The molecule has 2 rings (SSSR count). The second-order valence-corrected chi connectivity index (χ2v) is 3.74. The van der Waals surface area contributed by atoms with E-state index in [1.165, 1.54) is 4.57 Å². The number of nitrogens with two attached hydrogens (primary N) is 1. The average molecular weight is 248 g/mol. The van der Waals surface area contributed by atoms with Crippen LogP contribution in [0.5, 0.6) is 11.6 Å². The maximum atomic E-state index is 10.9. The zero-order chi connectivity index (χ0) is 13.3. The lowest BCUT2D eigenvalue weighted by Gasteiger charge is -2.07. The summed E-state index contributed by atoms with van der Waals surface area (Å²) < 4.78 is 6.99. The second-order valence-electron chi connectivity index (χ2n) is 3.74. The van der Waals surface area contributed by atoms with Crippen LogP contribution in [0, 0.1) is 17.0 Å². The smallest absolute Gasteiger partial charge is 0.427 e. The largest absolute Gasteiger partial charge is 0.431 e. The number of benzene rings is 1. The molecule has 1 aromatic carbocycles. The first-order chi connectivity index (χ1) is 8.50. The molecule has 0 unspecified atom stereocenters. The van der Waals surface area contributed by atoms with Gasteiger partial charge in [0.15, 0.2) is 5.75 Å². The van der Waals surface area contributed by atoms with Crippen molar-refractivity contribution in [2.75, 3.05) is 5.73 Å². The molecular weight excluding hydrogens is 236 g/mol. The topological polar surface area (TPSA) is 96.2 Å². The van der Waals surface area contributed by atoms with Crippen LogP contribution < -0.4 is 10.5 Å². The Morgan fingerprint density at radius 2 is 2.11 bits per heavy atom. The van der Waals surface area contributed by atoms with E-state index in [1.54, 1.807) is 38.2 Å². The predicted octanol–water partition coefficient (Wildman–Crippen LogP) is 2.01. The highest BCUT2D eigenvalue weighted by Gasteiger charge is 2.26. The highest BCUT2D eigenvalue weighted by atomic mass is 16.6. The van der Waals surface area contributed by atoms with Crippen molar-refractivity contribution in [3.8, 4) is 11.6 Å². The first-order valence-electron chi connectivity index (χ1n) is 5.20. The van der Waals surface area contributed by atoms with Crippen LogP contribution in [0.25, 0.3) is 0 Å². The Morgan fingerprint density at radius 3 is 2.72 bits per heavy atom. The van der Waals surface area contributed by atoms with Gasteiger partial charge >= 0.3 is 11.7 Å². The van der Waals surface area contributed by atoms with Crippen molar-refractivity contribution < 1.29 is 9.66 Å². The highest BCUT2D eigenvalue weighted by molar-refractivity contribution is 5.54. The molecule has 0 aliphatic heterocycles. The third-order valence-electron chi connectivity index (χ3n) is 2.55. The molecule has 0 fully saturated rings. The van der Waals surface area contributed by atoms with E-state index in [0.717, 1.165) is 0 Å². The number of para-hydroxylation sites is 2. The Morgan fingerprint density at radius 1 is 1.44 bits per heavy atom. The van der Waals surface area contributed by atoms with Crippen LogP contribution in [-0.4, -0.2) is 14.5 Å². The van der Waals surface area contributed by atoms with Gasteiger partial charge < -0.3 is 20.6 Å². The number of nitrogens with zero attached hydrogens (tertiary/aromatic N) is 3. The van der Waals surface area contributed by atoms with Crippen LogP contribution in [0.3, 0.4) is 0 Å². The van der Waals surface area contributed by atoms with E-state index in [9.17, 15) is 10.1 Å². The summed E-state index contributed by atoms with van der Waals surface area (Å²) in [6.07, 6.45) is 0. The summed E-state index contributed by atoms with van der Waals surface area (Å²) >= 11 is 0. The number of aromatic nitrogens is 2. The van der Waals surface area contributed by atoms with Gasteiger partial charge in [0.25, 0.3) is 0 Å². The summed E-state index contributed by atoms with van der Waals surface area (Å²) in [6.45, 7) is 1.66. The van der Waals surface area contributed by atoms with E-state index in [0.29, 0.717) is 17.3 Å². The number of nitrogen functional groups attached to an aromatic ring is 1. The molecule has 0 aliphatic carbocycles. The molecule has 0 atom stereocenters. The number of hydrogen-bond acceptors (Lipinski definition) is 5. The summed E-state index contributed by atoms with van der Waals surface area (Å²) in [6, 6.07) is 6.79. The number of imidazole rings is 1. The van der Waals surface area contributed by atoms with Gasteiger partial charge in [-0.2, -0.15) is 0 Å². The normalized spacial score (nSPS) is 10.3. The Bertz CT molecular complexity index is 606. The molecule has 0 saturated heterocycles. The molecule has 1 heterocycles. The number of hydrogen-bond donors (Lipinski definition) is 1. The van der Waals surface area contributed by atoms with Gasteiger partial charge in [0.1, 0.15) is 0 Å². The standard InChI is InChI=1S/C11H12N4O3/c1-7-13-10(15(16)17)11(14(7)2)18-9-6-4-3-5-8(9)12/h3-6H,12H2,1-2H3. The fourth-order valence-electron chi connectivity index (χ4n) is 1.48. The minimum absolute atomic E-state index is 0.0652. The molecule has 18 heavy (non-hydrogen) atoms. The molecule has 2 N–H and O–H groups in total. The van der Waals surface area contributed by atoms with Gasteiger partial charge in [0.2, 0.25) is 5.82 Å². The molecule has 7 nitrogen and oxygen atoms in total. The molecule has 0 aliphatic rings. The van der Waals surface area contributed by atoms with E-state index in [4.69, 9.17) is 10.5 Å². The number of ether oxygens (including phenoxy) is 1. The monoisotopic (exact) mass is 248 g/mol. The van der Waals surface area contributed by atoms with Crippen molar-refractivity contribution in [2.45, 2.75) is 6.92 Å². The Kier molecular flexibility index (Phi) is 2.88. The maximum absolute atomic E-state index is 10.9. The molecule has 0 radical (unpaired) electrons. The molecule has 7 heteroatoms. The first-order valence-corrected chi connectivity index (χ1v) is 5.20. The SMILES string of the molecule is Cc1nc([N+](=O)[O-])c(Oc2ccccc2N)n1C. The second kappa shape index (κ2) is 4.36. The van der Waals surface area contributed by atoms with Gasteiger partial charge in [0, 0.05) is 14.0 Å². The summed E-state index contributed by atoms with van der Waals surface area (Å²) in [7, 11) is 1.64. The van der Waals surface area contributed by atoms with Crippen LogP contribution in [-0.2, 0) is 7.05 Å². The van der Waals surface area contributed by atoms with Gasteiger partial charge in [-0.3, -0.25) is 4.57 Å². The van der Waals surface area contributed by atoms with Gasteiger partial charge in [-0.15, -0.1) is 0 Å². The summed E-state index contributed by atoms with van der Waals surface area (Å²) in [5, 5.41) is 10.9. The van der Waals surface area contributed by atoms with Crippen LogP contribution >= 0.6 is 0 Å². The lowest BCUT2D eigenvalue weighted by molar-refractivity contribution is -0.390. The minimum atomic E-state index is -0.582. The Labute approximate surface area is 103 Å². The lowest BCUT2D eigenvalue weighted by atomic mass is 10.3. The molecular formula is C11H12N4O3. The third-order valence-corrected chi connectivity index (χ3v) is 2.55. The van der Waals surface area contributed by atoms with Crippen molar-refractivity contribution in [2.24, 2.45) is 7.05 Å². The van der Waals surface area contributed by atoms with Crippen molar-refractivity contribution in [1.29, 1.82) is 0 Å². The van der Waals surface area contributed by atoms with E-state index < -0.39 is 4.92 Å². The number of rotatable bonds is 3. The van der Waals surface area contributed by atoms with Crippen molar-refractivity contribution in [3.63, 3.8) is 0 Å². The van der Waals surface area contributed by atoms with E-state index in [-0.39, 0.29) is 11.7 Å². The van der Waals surface area contributed by atoms with E-state index >= 15 is 0 Å². The molecule has 0 bridgehead atoms. The molecule has 0 saturated carbocycles. The van der Waals surface area contributed by atoms with Crippen LogP contribution in [0.2, 0.25) is 0 Å². The summed E-state index contributed by atoms with van der Waals surface area (Å²) in [5.74, 6) is 0.600.